The quantitative estimate of drug-likeness (QED) is 0.642. The van der Waals surface area contributed by atoms with E-state index in [2.05, 4.69) is 5.32 Å². The van der Waals surface area contributed by atoms with Gasteiger partial charge in [-0.1, -0.05) is 0 Å². The molecule has 7 heteroatoms. The fourth-order valence-corrected chi connectivity index (χ4v) is 1.57. The third kappa shape index (κ3) is 3.42. The van der Waals surface area contributed by atoms with Crippen molar-refractivity contribution in [3.63, 3.8) is 0 Å². The number of nitro benzene ring substituents is 1. The highest BCUT2D eigenvalue weighted by molar-refractivity contribution is 6.00. The molecule has 1 aromatic carbocycles. The van der Waals surface area contributed by atoms with Gasteiger partial charge in [-0.15, -0.1) is 0 Å². The van der Waals surface area contributed by atoms with Gasteiger partial charge in [0.2, 0.25) is 0 Å². The van der Waals surface area contributed by atoms with E-state index in [4.69, 9.17) is 5.26 Å². The van der Waals surface area contributed by atoms with E-state index in [-0.39, 0.29) is 30.1 Å². The van der Waals surface area contributed by atoms with Crippen molar-refractivity contribution in [2.24, 2.45) is 0 Å². The molecule has 1 rings (SSSR count). The molecule has 0 aliphatic rings. The zero-order valence-corrected chi connectivity index (χ0v) is 10.7. The molecule has 0 aliphatic carbocycles. The minimum absolute atomic E-state index is 0.143. The molecular formula is C12H14N4O3. The molecule has 0 aromatic heterocycles. The summed E-state index contributed by atoms with van der Waals surface area (Å²) in [6.07, 6.45) is 0.214. The zero-order valence-electron chi connectivity index (χ0n) is 10.7. The predicted molar refractivity (Wildman–Crippen MR) is 69.8 cm³/mol. The van der Waals surface area contributed by atoms with Crippen molar-refractivity contribution < 1.29 is 9.72 Å². The number of hydrogen-bond acceptors (Lipinski definition) is 5. The summed E-state index contributed by atoms with van der Waals surface area (Å²) in [6.45, 7) is 0.279. The Labute approximate surface area is 110 Å². The number of nitro groups is 1. The minimum Gasteiger partial charge on any atom is -0.387 e. The molecule has 0 fully saturated rings. The first kappa shape index (κ1) is 14.4. The fourth-order valence-electron chi connectivity index (χ4n) is 1.57. The lowest BCUT2D eigenvalue weighted by Gasteiger charge is -2.17. The second-order valence-electron chi connectivity index (χ2n) is 3.87. The summed E-state index contributed by atoms with van der Waals surface area (Å²) >= 11 is 0. The van der Waals surface area contributed by atoms with Crippen LogP contribution in [0.15, 0.2) is 18.2 Å². The van der Waals surface area contributed by atoms with Gasteiger partial charge in [0.15, 0.2) is 0 Å². The van der Waals surface area contributed by atoms with Crippen molar-refractivity contribution >= 4 is 17.3 Å². The van der Waals surface area contributed by atoms with Crippen molar-refractivity contribution in [3.05, 3.63) is 33.9 Å². The van der Waals surface area contributed by atoms with Crippen LogP contribution in [0, 0.1) is 21.4 Å². The molecule has 19 heavy (non-hydrogen) atoms. The third-order valence-corrected chi connectivity index (χ3v) is 2.62. The van der Waals surface area contributed by atoms with Crippen LogP contribution >= 0.6 is 0 Å². The minimum atomic E-state index is -0.550. The van der Waals surface area contributed by atoms with E-state index in [0.717, 1.165) is 0 Å². The lowest BCUT2D eigenvalue weighted by atomic mass is 10.1. The summed E-state index contributed by atoms with van der Waals surface area (Å²) in [5.41, 5.74) is 0.590. The van der Waals surface area contributed by atoms with Crippen LogP contribution in [0.1, 0.15) is 16.8 Å². The Bertz CT molecular complexity index is 536. The lowest BCUT2D eigenvalue weighted by molar-refractivity contribution is -0.384. The molecule has 100 valence electrons. The highest BCUT2D eigenvalue weighted by atomic mass is 16.6. The number of benzene rings is 1. The van der Waals surface area contributed by atoms with Gasteiger partial charge in [-0.05, 0) is 6.07 Å². The maximum atomic E-state index is 12.2. The third-order valence-electron chi connectivity index (χ3n) is 2.62. The van der Waals surface area contributed by atoms with Gasteiger partial charge in [-0.25, -0.2) is 0 Å². The molecule has 0 heterocycles. The number of nitrogens with zero attached hydrogens (tertiary/aromatic N) is 3. The van der Waals surface area contributed by atoms with E-state index < -0.39 is 4.92 Å². The maximum Gasteiger partial charge on any atom is 0.270 e. The fraction of sp³-hybridized carbons (Fsp3) is 0.333. The molecular weight excluding hydrogens is 248 g/mol. The normalized spacial score (nSPS) is 9.53. The zero-order chi connectivity index (χ0) is 14.4. The Morgan fingerprint density at radius 2 is 2.26 bits per heavy atom. The monoisotopic (exact) mass is 262 g/mol. The number of carbonyl (C=O) groups is 1. The van der Waals surface area contributed by atoms with Crippen LogP contribution in [0.2, 0.25) is 0 Å². The summed E-state index contributed by atoms with van der Waals surface area (Å²) in [5.74, 6) is -0.358. The highest BCUT2D eigenvalue weighted by Gasteiger charge is 2.19. The number of hydrogen-bond donors (Lipinski definition) is 1. The molecule has 0 unspecified atom stereocenters. The smallest absolute Gasteiger partial charge is 0.270 e. The van der Waals surface area contributed by atoms with Gasteiger partial charge in [0.05, 0.1) is 23.0 Å². The second kappa shape index (κ2) is 6.35. The van der Waals surface area contributed by atoms with Gasteiger partial charge in [0, 0.05) is 38.5 Å². The van der Waals surface area contributed by atoms with Crippen LogP contribution < -0.4 is 5.32 Å². The molecule has 7 nitrogen and oxygen atoms in total. The topological polar surface area (TPSA) is 99.3 Å². The van der Waals surface area contributed by atoms with Crippen molar-refractivity contribution in [2.75, 3.05) is 26.0 Å². The summed E-state index contributed by atoms with van der Waals surface area (Å²) in [4.78, 5) is 23.7. The predicted octanol–water partition coefficient (Wildman–Crippen LogP) is 1.62. The van der Waals surface area contributed by atoms with Crippen LogP contribution in [0.4, 0.5) is 11.4 Å². The van der Waals surface area contributed by atoms with E-state index >= 15 is 0 Å². The molecule has 0 saturated heterocycles. The summed E-state index contributed by atoms with van der Waals surface area (Å²) in [5, 5.41) is 22.0. The molecule has 0 atom stereocenters. The maximum absolute atomic E-state index is 12.2. The van der Waals surface area contributed by atoms with Crippen LogP contribution in [0.3, 0.4) is 0 Å². The lowest BCUT2D eigenvalue weighted by Crippen LogP contribution is -2.28. The Morgan fingerprint density at radius 3 is 2.79 bits per heavy atom. The van der Waals surface area contributed by atoms with E-state index in [1.54, 1.807) is 14.1 Å². The Kier molecular flexibility index (Phi) is 4.83. The average molecular weight is 262 g/mol. The second-order valence-corrected chi connectivity index (χ2v) is 3.87. The molecule has 0 radical (unpaired) electrons. The van der Waals surface area contributed by atoms with E-state index in [1.165, 1.54) is 23.1 Å². The summed E-state index contributed by atoms with van der Waals surface area (Å²) in [6, 6.07) is 6.00. The summed E-state index contributed by atoms with van der Waals surface area (Å²) in [7, 11) is 3.19. The average Bonchev–Trinajstić information content (AvgIpc) is 2.42. The van der Waals surface area contributed by atoms with E-state index in [0.29, 0.717) is 5.69 Å². The SMILES string of the molecule is CNc1ccc([N+](=O)[O-])cc1C(=O)N(C)CCC#N. The Balaban J connectivity index is 3.09. The first-order chi connectivity index (χ1) is 9.01. The molecule has 1 amide bonds. The number of rotatable bonds is 5. The highest BCUT2D eigenvalue weighted by Crippen LogP contribution is 2.23. The standard InChI is InChI=1S/C12H14N4O3/c1-14-11-5-4-9(16(18)19)8-10(11)12(17)15(2)7-3-6-13/h4-5,8,14H,3,7H2,1-2H3. The number of nitriles is 1. The van der Waals surface area contributed by atoms with Gasteiger partial charge in [-0.3, -0.25) is 14.9 Å². The number of non-ortho nitro benzene ring substituents is 1. The van der Waals surface area contributed by atoms with Crippen LogP contribution in [-0.2, 0) is 0 Å². The molecule has 0 saturated carbocycles. The van der Waals surface area contributed by atoms with Crippen molar-refractivity contribution in [1.82, 2.24) is 4.90 Å². The van der Waals surface area contributed by atoms with Gasteiger partial charge >= 0.3 is 0 Å². The number of nitrogens with one attached hydrogen (secondary N) is 1. The number of amides is 1. The number of carbonyl (C=O) groups excluding carboxylic acids is 1. The van der Waals surface area contributed by atoms with E-state index in [1.807, 2.05) is 6.07 Å². The van der Waals surface area contributed by atoms with Crippen molar-refractivity contribution in [3.8, 4) is 6.07 Å². The van der Waals surface area contributed by atoms with Crippen LogP contribution in [-0.4, -0.2) is 36.4 Å². The van der Waals surface area contributed by atoms with Crippen LogP contribution in [0.5, 0.6) is 0 Å². The number of anilines is 1. The van der Waals surface area contributed by atoms with Crippen LogP contribution in [0.25, 0.3) is 0 Å². The largest absolute Gasteiger partial charge is 0.387 e. The van der Waals surface area contributed by atoms with E-state index in [9.17, 15) is 14.9 Å². The molecule has 0 aliphatic heterocycles. The van der Waals surface area contributed by atoms with Gasteiger partial charge in [0.1, 0.15) is 0 Å². The molecule has 0 spiro atoms. The first-order valence-electron chi connectivity index (χ1n) is 5.60. The molecule has 1 N–H and O–H groups in total. The van der Waals surface area contributed by atoms with Gasteiger partial charge < -0.3 is 10.2 Å². The van der Waals surface area contributed by atoms with Crippen molar-refractivity contribution in [1.29, 1.82) is 5.26 Å². The molecule has 0 bridgehead atoms. The van der Waals surface area contributed by atoms with Gasteiger partial charge in [0.25, 0.3) is 11.6 Å². The summed E-state index contributed by atoms with van der Waals surface area (Å²) < 4.78 is 0. The van der Waals surface area contributed by atoms with Crippen molar-refractivity contribution in [2.45, 2.75) is 6.42 Å². The first-order valence-corrected chi connectivity index (χ1v) is 5.60. The van der Waals surface area contributed by atoms with Gasteiger partial charge in [-0.2, -0.15) is 5.26 Å². The Morgan fingerprint density at radius 1 is 1.58 bits per heavy atom. The molecule has 1 aromatic rings. The Hall–Kier alpha value is -2.62.